The van der Waals surface area contributed by atoms with Gasteiger partial charge in [-0.2, -0.15) is 0 Å². The third-order valence-corrected chi connectivity index (χ3v) is 3.98. The fourth-order valence-electron chi connectivity index (χ4n) is 3.04. The molecule has 2 rings (SSSR count). The average Bonchev–Trinajstić information content (AvgIpc) is 2.37. The molecule has 0 spiro atoms. The van der Waals surface area contributed by atoms with E-state index in [0.717, 1.165) is 18.0 Å². The van der Waals surface area contributed by atoms with Crippen LogP contribution in [0.4, 0.5) is 5.69 Å². The number of rotatable bonds is 3. The van der Waals surface area contributed by atoms with Crippen molar-refractivity contribution in [3.63, 3.8) is 0 Å². The van der Waals surface area contributed by atoms with Crippen molar-refractivity contribution in [3.05, 3.63) is 24.0 Å². The van der Waals surface area contributed by atoms with Crippen LogP contribution >= 0.6 is 0 Å². The molecule has 0 amide bonds. The van der Waals surface area contributed by atoms with Gasteiger partial charge in [0.15, 0.2) is 0 Å². The smallest absolute Gasteiger partial charge is 0.0559 e. The van der Waals surface area contributed by atoms with Crippen LogP contribution in [0.5, 0.6) is 0 Å². The summed E-state index contributed by atoms with van der Waals surface area (Å²) >= 11 is 0. The lowest BCUT2D eigenvalue weighted by Crippen LogP contribution is -2.32. The van der Waals surface area contributed by atoms with Gasteiger partial charge >= 0.3 is 0 Å². The van der Waals surface area contributed by atoms with Crippen LogP contribution in [-0.4, -0.2) is 18.1 Å². The van der Waals surface area contributed by atoms with Gasteiger partial charge in [0.05, 0.1) is 11.9 Å². The van der Waals surface area contributed by atoms with E-state index in [4.69, 9.17) is 5.73 Å². The minimum atomic E-state index is 0.358. The first kappa shape index (κ1) is 12.4. The summed E-state index contributed by atoms with van der Waals surface area (Å²) in [6.07, 6.45) is 8.60. The molecule has 1 aromatic rings. The van der Waals surface area contributed by atoms with Crippen LogP contribution in [0.15, 0.2) is 18.5 Å². The van der Waals surface area contributed by atoms with Crippen molar-refractivity contribution in [2.45, 2.75) is 44.6 Å². The highest BCUT2D eigenvalue weighted by Crippen LogP contribution is 2.39. The van der Waals surface area contributed by atoms with E-state index >= 15 is 0 Å². The first-order valence-corrected chi connectivity index (χ1v) is 6.61. The van der Waals surface area contributed by atoms with Crippen LogP contribution in [0.1, 0.15) is 44.1 Å². The Bertz CT molecular complexity index is 364. The van der Waals surface area contributed by atoms with Gasteiger partial charge in [0, 0.05) is 19.3 Å². The lowest BCUT2D eigenvalue weighted by atomic mass is 9.75. The van der Waals surface area contributed by atoms with Gasteiger partial charge in [-0.25, -0.2) is 0 Å². The predicted octanol–water partition coefficient (Wildman–Crippen LogP) is 2.74. The fourth-order valence-corrected chi connectivity index (χ4v) is 3.04. The molecule has 0 bridgehead atoms. The highest BCUT2D eigenvalue weighted by atomic mass is 14.8. The lowest BCUT2D eigenvalue weighted by Gasteiger charge is -2.33. The summed E-state index contributed by atoms with van der Waals surface area (Å²) < 4.78 is 0. The maximum atomic E-state index is 6.18. The lowest BCUT2D eigenvalue weighted by molar-refractivity contribution is 0.283. The van der Waals surface area contributed by atoms with Gasteiger partial charge in [0.1, 0.15) is 0 Å². The first-order chi connectivity index (χ1) is 8.24. The molecule has 0 saturated heterocycles. The van der Waals surface area contributed by atoms with Crippen molar-refractivity contribution in [1.29, 1.82) is 0 Å². The van der Waals surface area contributed by atoms with E-state index < -0.39 is 0 Å². The number of nitrogens with zero attached hydrogens (tertiary/aromatic N) is 1. The van der Waals surface area contributed by atoms with Crippen LogP contribution in [0, 0.1) is 5.92 Å². The summed E-state index contributed by atoms with van der Waals surface area (Å²) in [5.74, 6) is 1.37. The van der Waals surface area contributed by atoms with Gasteiger partial charge in [-0.05, 0) is 42.7 Å². The van der Waals surface area contributed by atoms with E-state index in [1.807, 2.05) is 19.4 Å². The Hall–Kier alpha value is -1.09. The maximum Gasteiger partial charge on any atom is 0.0559 e. The molecule has 0 aromatic carbocycles. The summed E-state index contributed by atoms with van der Waals surface area (Å²) in [6.45, 7) is 2.27. The van der Waals surface area contributed by atoms with E-state index in [1.165, 1.54) is 24.8 Å². The van der Waals surface area contributed by atoms with Gasteiger partial charge in [-0.1, -0.05) is 13.3 Å². The Morgan fingerprint density at radius 2 is 2.24 bits per heavy atom. The Morgan fingerprint density at radius 1 is 1.41 bits per heavy atom. The second-order valence-corrected chi connectivity index (χ2v) is 5.15. The van der Waals surface area contributed by atoms with E-state index in [9.17, 15) is 0 Å². The molecule has 1 fully saturated rings. The second kappa shape index (κ2) is 5.50. The molecular weight excluding hydrogens is 210 g/mol. The summed E-state index contributed by atoms with van der Waals surface area (Å²) in [5, 5.41) is 3.24. The molecule has 17 heavy (non-hydrogen) atoms. The van der Waals surface area contributed by atoms with Crippen LogP contribution in [-0.2, 0) is 0 Å². The van der Waals surface area contributed by atoms with Crippen LogP contribution in [0.25, 0.3) is 0 Å². The van der Waals surface area contributed by atoms with Crippen molar-refractivity contribution < 1.29 is 0 Å². The molecule has 2 unspecified atom stereocenters. The van der Waals surface area contributed by atoms with Gasteiger partial charge in [-0.3, -0.25) is 4.98 Å². The summed E-state index contributed by atoms with van der Waals surface area (Å²) in [7, 11) is 1.96. The molecule has 1 aromatic heterocycles. The zero-order chi connectivity index (χ0) is 12.3. The topological polar surface area (TPSA) is 50.9 Å². The first-order valence-electron chi connectivity index (χ1n) is 6.61. The molecule has 0 aliphatic heterocycles. The van der Waals surface area contributed by atoms with Crippen molar-refractivity contribution in [2.24, 2.45) is 11.7 Å². The number of anilines is 1. The highest BCUT2D eigenvalue weighted by molar-refractivity contribution is 5.50. The van der Waals surface area contributed by atoms with Gasteiger partial charge in [0.25, 0.3) is 0 Å². The second-order valence-electron chi connectivity index (χ2n) is 5.15. The zero-order valence-corrected chi connectivity index (χ0v) is 10.8. The number of nitrogens with two attached hydrogens (primary N) is 1. The quantitative estimate of drug-likeness (QED) is 0.844. The number of nitrogens with one attached hydrogen (secondary N) is 1. The van der Waals surface area contributed by atoms with Gasteiger partial charge in [-0.15, -0.1) is 0 Å². The Kier molecular flexibility index (Phi) is 4.00. The highest BCUT2D eigenvalue weighted by Gasteiger charge is 2.28. The van der Waals surface area contributed by atoms with Crippen molar-refractivity contribution in [3.8, 4) is 0 Å². The molecule has 3 nitrogen and oxygen atoms in total. The molecule has 1 aliphatic rings. The van der Waals surface area contributed by atoms with E-state index in [1.54, 1.807) is 0 Å². The number of pyridine rings is 1. The molecule has 3 atom stereocenters. The third-order valence-electron chi connectivity index (χ3n) is 3.98. The maximum absolute atomic E-state index is 6.18. The predicted molar refractivity (Wildman–Crippen MR) is 72.1 cm³/mol. The molecule has 1 aliphatic carbocycles. The fraction of sp³-hybridized carbons (Fsp3) is 0.643. The standard InChI is InChI=1S/C14H23N3/c1-3-10-6-11(8-12(15)7-10)13-4-5-17-9-14(13)16-2/h4-5,9-12,16H,3,6-8,15H2,1-2H3/t10-,11?,12?/m0/s1. The number of hydrogen-bond donors (Lipinski definition) is 2. The number of aromatic nitrogens is 1. The third kappa shape index (κ3) is 2.78. The van der Waals surface area contributed by atoms with Crippen LogP contribution in [0.2, 0.25) is 0 Å². The van der Waals surface area contributed by atoms with E-state index in [-0.39, 0.29) is 0 Å². The summed E-state index contributed by atoms with van der Waals surface area (Å²) in [4.78, 5) is 4.18. The largest absolute Gasteiger partial charge is 0.387 e. The van der Waals surface area contributed by atoms with Crippen LogP contribution < -0.4 is 11.1 Å². The summed E-state index contributed by atoms with van der Waals surface area (Å²) in [6, 6.07) is 2.50. The normalized spacial score (nSPS) is 29.0. The molecule has 1 saturated carbocycles. The molecule has 94 valence electrons. The van der Waals surface area contributed by atoms with Crippen molar-refractivity contribution in [1.82, 2.24) is 4.98 Å². The van der Waals surface area contributed by atoms with Gasteiger partial charge < -0.3 is 11.1 Å². The molecule has 0 radical (unpaired) electrons. The molecule has 1 heterocycles. The Balaban J connectivity index is 2.20. The number of hydrogen-bond acceptors (Lipinski definition) is 3. The molecule has 3 heteroatoms. The minimum absolute atomic E-state index is 0.358. The van der Waals surface area contributed by atoms with E-state index in [2.05, 4.69) is 23.3 Å². The van der Waals surface area contributed by atoms with Crippen molar-refractivity contribution >= 4 is 5.69 Å². The zero-order valence-electron chi connectivity index (χ0n) is 10.8. The van der Waals surface area contributed by atoms with E-state index in [0.29, 0.717) is 12.0 Å². The minimum Gasteiger partial charge on any atom is -0.387 e. The average molecular weight is 233 g/mol. The van der Waals surface area contributed by atoms with Crippen LogP contribution in [0.3, 0.4) is 0 Å². The Morgan fingerprint density at radius 3 is 2.94 bits per heavy atom. The Labute approximate surface area is 104 Å². The molecular formula is C14H23N3. The van der Waals surface area contributed by atoms with Crippen molar-refractivity contribution in [2.75, 3.05) is 12.4 Å². The monoisotopic (exact) mass is 233 g/mol. The SMILES string of the molecule is CC[C@@H]1CC(N)CC(c2ccncc2NC)C1. The van der Waals surface area contributed by atoms with Gasteiger partial charge in [0.2, 0.25) is 0 Å². The summed E-state index contributed by atoms with van der Waals surface area (Å²) in [5.41, 5.74) is 8.72. The molecule has 3 N–H and O–H groups in total.